The SMILES string of the molecule is COC(=O)C1C(C)=NC2=C(C(=O)C[C@H](c3ccccc3Cl)C2)[C@H]1c1cc(OC)c(OC)c(OC)c1. The molecule has 1 unspecified atom stereocenters. The highest BCUT2D eigenvalue weighted by Crippen LogP contribution is 2.50. The van der Waals surface area contributed by atoms with Crippen LogP contribution in [0.15, 0.2) is 52.7 Å². The van der Waals surface area contributed by atoms with Crippen molar-refractivity contribution in [2.75, 3.05) is 28.4 Å². The molecule has 1 aliphatic carbocycles. The van der Waals surface area contributed by atoms with Gasteiger partial charge in [0, 0.05) is 34.3 Å². The van der Waals surface area contributed by atoms with E-state index in [2.05, 4.69) is 0 Å². The monoisotopic (exact) mass is 497 g/mol. The summed E-state index contributed by atoms with van der Waals surface area (Å²) in [6, 6.07) is 11.1. The highest BCUT2D eigenvalue weighted by molar-refractivity contribution is 6.31. The number of nitrogens with zero attached hydrogens (tertiary/aromatic N) is 1. The molecule has 8 heteroatoms. The van der Waals surface area contributed by atoms with E-state index in [0.29, 0.717) is 51.2 Å². The second-order valence-electron chi connectivity index (χ2n) is 8.60. The zero-order valence-electron chi connectivity index (χ0n) is 20.4. The van der Waals surface area contributed by atoms with Gasteiger partial charge in [-0.2, -0.15) is 0 Å². The second-order valence-corrected chi connectivity index (χ2v) is 9.01. The van der Waals surface area contributed by atoms with E-state index in [1.165, 1.54) is 28.4 Å². The molecule has 1 aliphatic heterocycles. The summed E-state index contributed by atoms with van der Waals surface area (Å²) < 4.78 is 21.7. The Bertz CT molecular complexity index is 1210. The number of ether oxygens (including phenoxy) is 4. The smallest absolute Gasteiger partial charge is 0.315 e. The maximum Gasteiger partial charge on any atom is 0.315 e. The van der Waals surface area contributed by atoms with Gasteiger partial charge in [-0.3, -0.25) is 14.6 Å². The molecule has 3 atom stereocenters. The number of rotatable bonds is 6. The molecule has 0 amide bonds. The van der Waals surface area contributed by atoms with Crippen molar-refractivity contribution in [2.45, 2.75) is 31.6 Å². The molecule has 0 aromatic heterocycles. The highest BCUT2D eigenvalue weighted by atomic mass is 35.5. The first-order valence-electron chi connectivity index (χ1n) is 11.3. The van der Waals surface area contributed by atoms with Gasteiger partial charge >= 0.3 is 5.97 Å². The number of carbonyl (C=O) groups is 2. The average Bonchev–Trinajstić information content (AvgIpc) is 2.86. The Balaban J connectivity index is 1.89. The molecule has 0 fully saturated rings. The van der Waals surface area contributed by atoms with Crippen molar-refractivity contribution in [3.63, 3.8) is 0 Å². The number of hydrogen-bond acceptors (Lipinski definition) is 7. The van der Waals surface area contributed by atoms with Crippen LogP contribution in [0, 0.1) is 5.92 Å². The minimum absolute atomic E-state index is 0.0694. The van der Waals surface area contributed by atoms with Crippen LogP contribution in [0.4, 0.5) is 0 Å². The maximum absolute atomic E-state index is 13.7. The Morgan fingerprint density at radius 1 is 1.00 bits per heavy atom. The molecule has 184 valence electrons. The molecule has 1 heterocycles. The Morgan fingerprint density at radius 2 is 1.66 bits per heavy atom. The predicted octanol–water partition coefficient (Wildman–Crippen LogP) is 5.11. The Morgan fingerprint density at radius 3 is 2.23 bits per heavy atom. The van der Waals surface area contributed by atoms with E-state index in [-0.39, 0.29) is 18.1 Å². The highest BCUT2D eigenvalue weighted by Gasteiger charge is 2.45. The lowest BCUT2D eigenvalue weighted by atomic mass is 9.69. The Kier molecular flexibility index (Phi) is 7.17. The van der Waals surface area contributed by atoms with Gasteiger partial charge in [0.2, 0.25) is 5.75 Å². The van der Waals surface area contributed by atoms with Crippen LogP contribution in [-0.2, 0) is 14.3 Å². The van der Waals surface area contributed by atoms with E-state index in [0.717, 1.165) is 5.56 Å². The first kappa shape index (κ1) is 24.8. The maximum atomic E-state index is 13.7. The molecule has 7 nitrogen and oxygen atoms in total. The second kappa shape index (κ2) is 10.1. The minimum atomic E-state index is -0.762. The quantitative estimate of drug-likeness (QED) is 0.515. The van der Waals surface area contributed by atoms with Gasteiger partial charge in [-0.25, -0.2) is 0 Å². The van der Waals surface area contributed by atoms with E-state index >= 15 is 0 Å². The normalized spacial score (nSPS) is 21.7. The lowest BCUT2D eigenvalue weighted by Gasteiger charge is -2.36. The lowest BCUT2D eigenvalue weighted by molar-refractivity contribution is -0.143. The molecule has 0 saturated heterocycles. The van der Waals surface area contributed by atoms with Crippen molar-refractivity contribution in [3.05, 3.63) is 63.8 Å². The third kappa shape index (κ3) is 4.41. The van der Waals surface area contributed by atoms with Crippen LogP contribution in [0.2, 0.25) is 5.02 Å². The summed E-state index contributed by atoms with van der Waals surface area (Å²) in [5.74, 6) is -0.697. The van der Waals surface area contributed by atoms with E-state index < -0.39 is 17.8 Å². The lowest BCUT2D eigenvalue weighted by Crippen LogP contribution is -2.37. The first-order valence-corrected chi connectivity index (χ1v) is 11.7. The van der Waals surface area contributed by atoms with Gasteiger partial charge in [0.15, 0.2) is 17.3 Å². The van der Waals surface area contributed by atoms with Crippen LogP contribution in [0.25, 0.3) is 0 Å². The molecule has 2 aromatic rings. The molecule has 35 heavy (non-hydrogen) atoms. The van der Waals surface area contributed by atoms with Gasteiger partial charge in [0.25, 0.3) is 0 Å². The van der Waals surface area contributed by atoms with Crippen molar-refractivity contribution < 1.29 is 28.5 Å². The number of methoxy groups -OCH3 is 4. The zero-order chi connectivity index (χ0) is 25.3. The number of carbonyl (C=O) groups excluding carboxylic acids is 2. The van der Waals surface area contributed by atoms with Gasteiger partial charge in [0.1, 0.15) is 5.92 Å². The van der Waals surface area contributed by atoms with Crippen molar-refractivity contribution in [3.8, 4) is 17.2 Å². The van der Waals surface area contributed by atoms with E-state index in [1.54, 1.807) is 19.1 Å². The molecule has 2 aliphatic rings. The van der Waals surface area contributed by atoms with Crippen LogP contribution in [0.1, 0.15) is 42.7 Å². The van der Waals surface area contributed by atoms with Crippen LogP contribution in [0.5, 0.6) is 17.2 Å². The molecule has 4 rings (SSSR count). The fourth-order valence-corrected chi connectivity index (χ4v) is 5.45. The molecule has 2 aromatic carbocycles. The zero-order valence-corrected chi connectivity index (χ0v) is 21.1. The van der Waals surface area contributed by atoms with Gasteiger partial charge in [-0.1, -0.05) is 29.8 Å². The molecule has 0 N–H and O–H groups in total. The van der Waals surface area contributed by atoms with Crippen LogP contribution >= 0.6 is 11.6 Å². The number of aliphatic imine (C=N–C) groups is 1. The van der Waals surface area contributed by atoms with Crippen molar-refractivity contribution >= 4 is 29.1 Å². The molecule has 0 saturated carbocycles. The number of halogens is 1. The molecular weight excluding hydrogens is 470 g/mol. The van der Waals surface area contributed by atoms with E-state index in [1.807, 2.05) is 24.3 Å². The third-order valence-electron chi connectivity index (χ3n) is 6.73. The van der Waals surface area contributed by atoms with Gasteiger partial charge in [0.05, 0.1) is 28.4 Å². The summed E-state index contributed by atoms with van der Waals surface area (Å²) in [6.45, 7) is 1.79. The predicted molar refractivity (Wildman–Crippen MR) is 133 cm³/mol. The van der Waals surface area contributed by atoms with Crippen molar-refractivity contribution in [2.24, 2.45) is 10.9 Å². The number of Topliss-reactive ketones (excluding diaryl/α,β-unsaturated/α-hetero) is 1. The number of benzene rings is 2. The Hall–Kier alpha value is -3.32. The largest absolute Gasteiger partial charge is 0.493 e. The van der Waals surface area contributed by atoms with Gasteiger partial charge < -0.3 is 18.9 Å². The van der Waals surface area contributed by atoms with Crippen LogP contribution in [-0.4, -0.2) is 45.9 Å². The van der Waals surface area contributed by atoms with E-state index in [9.17, 15) is 9.59 Å². The van der Waals surface area contributed by atoms with Crippen molar-refractivity contribution in [1.82, 2.24) is 0 Å². The van der Waals surface area contributed by atoms with E-state index in [4.69, 9.17) is 35.5 Å². The summed E-state index contributed by atoms with van der Waals surface area (Å²) >= 11 is 6.45. The summed E-state index contributed by atoms with van der Waals surface area (Å²) in [7, 11) is 5.91. The molecule has 0 spiro atoms. The topological polar surface area (TPSA) is 83.4 Å². The molecule has 0 radical (unpaired) electrons. The third-order valence-corrected chi connectivity index (χ3v) is 7.08. The Labute approximate surface area is 209 Å². The van der Waals surface area contributed by atoms with Crippen molar-refractivity contribution in [1.29, 1.82) is 0 Å². The number of allylic oxidation sites excluding steroid dienone is 2. The summed E-state index contributed by atoms with van der Waals surface area (Å²) in [6.07, 6.45) is 0.808. The number of ketones is 1. The minimum Gasteiger partial charge on any atom is -0.493 e. The summed E-state index contributed by atoms with van der Waals surface area (Å²) in [4.78, 5) is 31.4. The molecular formula is C27H28ClNO6. The fourth-order valence-electron chi connectivity index (χ4n) is 5.16. The summed E-state index contributed by atoms with van der Waals surface area (Å²) in [5.41, 5.74) is 3.37. The first-order chi connectivity index (χ1) is 16.8. The standard InChI is InChI=1S/C27H28ClNO6/c1-14-23(27(31)35-5)24(16-12-21(32-2)26(34-4)22(13-16)33-3)25-19(29-14)10-15(11-20(25)30)17-8-6-7-9-18(17)28/h6-9,12-13,15,23-24H,10-11H2,1-5H3/t15-,23?,24+/m1/s1. The van der Waals surface area contributed by atoms with Crippen LogP contribution in [0.3, 0.4) is 0 Å². The summed E-state index contributed by atoms with van der Waals surface area (Å²) in [5, 5.41) is 0.625. The van der Waals surface area contributed by atoms with Gasteiger partial charge in [-0.15, -0.1) is 0 Å². The van der Waals surface area contributed by atoms with Crippen LogP contribution < -0.4 is 14.2 Å². The fraction of sp³-hybridized carbons (Fsp3) is 0.370. The van der Waals surface area contributed by atoms with Gasteiger partial charge in [-0.05, 0) is 48.6 Å². The number of hydrogen-bond donors (Lipinski definition) is 0. The molecule has 0 bridgehead atoms. The average molecular weight is 498 g/mol. The number of esters is 1.